The Morgan fingerprint density at radius 3 is 2.43 bits per heavy atom. The van der Waals surface area contributed by atoms with E-state index in [4.69, 9.17) is 29.3 Å². The first kappa shape index (κ1) is 20.5. The molecule has 7 nitrogen and oxygen atoms in total. The van der Waals surface area contributed by atoms with E-state index in [1.54, 1.807) is 7.11 Å². The van der Waals surface area contributed by atoms with E-state index < -0.39 is 11.9 Å². The van der Waals surface area contributed by atoms with Gasteiger partial charge in [-0.15, -0.1) is 6.58 Å². The fourth-order valence-electron chi connectivity index (χ4n) is 1.63. The molecule has 1 rings (SSSR count). The van der Waals surface area contributed by atoms with E-state index >= 15 is 0 Å². The average Bonchev–Trinajstić information content (AvgIpc) is 2.53. The van der Waals surface area contributed by atoms with Crippen molar-refractivity contribution in [1.82, 2.24) is 5.32 Å². The van der Waals surface area contributed by atoms with Crippen LogP contribution in [0, 0.1) is 0 Å². The van der Waals surface area contributed by atoms with Crippen LogP contribution in [0.25, 0.3) is 0 Å². The maximum atomic E-state index is 9.10. The molecule has 0 heterocycles. The third-order valence-corrected chi connectivity index (χ3v) is 2.65. The van der Waals surface area contributed by atoms with Crippen molar-refractivity contribution in [2.24, 2.45) is 0 Å². The zero-order chi connectivity index (χ0) is 17.7. The number of ether oxygens (including phenoxy) is 2. The van der Waals surface area contributed by atoms with Crippen molar-refractivity contribution >= 4 is 11.9 Å². The number of aliphatic carboxylic acids is 2. The van der Waals surface area contributed by atoms with Gasteiger partial charge in [0.05, 0.1) is 13.7 Å². The summed E-state index contributed by atoms with van der Waals surface area (Å²) in [7, 11) is 3.60. The first-order chi connectivity index (χ1) is 11.0. The van der Waals surface area contributed by atoms with Crippen LogP contribution in [0.1, 0.15) is 12.0 Å². The largest absolute Gasteiger partial charge is 0.493 e. The van der Waals surface area contributed by atoms with E-state index in [2.05, 4.69) is 11.9 Å². The zero-order valence-electron chi connectivity index (χ0n) is 13.4. The predicted molar refractivity (Wildman–Crippen MR) is 86.2 cm³/mol. The molecule has 23 heavy (non-hydrogen) atoms. The maximum absolute atomic E-state index is 9.10. The average molecular weight is 325 g/mol. The van der Waals surface area contributed by atoms with Gasteiger partial charge in [0.15, 0.2) is 11.5 Å². The monoisotopic (exact) mass is 325 g/mol. The molecule has 0 atom stereocenters. The first-order valence-electron chi connectivity index (χ1n) is 6.98. The highest BCUT2D eigenvalue weighted by atomic mass is 16.5. The van der Waals surface area contributed by atoms with Gasteiger partial charge in [0, 0.05) is 5.56 Å². The second-order valence-corrected chi connectivity index (χ2v) is 4.36. The van der Waals surface area contributed by atoms with Crippen LogP contribution >= 0.6 is 0 Å². The number of carbonyl (C=O) groups is 2. The van der Waals surface area contributed by atoms with E-state index in [1.165, 1.54) is 0 Å². The molecule has 1 aromatic carbocycles. The summed E-state index contributed by atoms with van der Waals surface area (Å²) in [4.78, 5) is 18.2. The Balaban J connectivity index is 0.000000688. The Kier molecular flexibility index (Phi) is 10.7. The Hall–Kier alpha value is -2.54. The molecule has 128 valence electrons. The minimum absolute atomic E-state index is 0.686. The van der Waals surface area contributed by atoms with Gasteiger partial charge in [0.1, 0.15) is 0 Å². The molecule has 0 saturated heterocycles. The molecule has 0 aliphatic heterocycles. The number of rotatable bonds is 8. The number of carboxylic acids is 2. The van der Waals surface area contributed by atoms with Crippen LogP contribution in [0.3, 0.4) is 0 Å². The molecule has 0 bridgehead atoms. The third-order valence-electron chi connectivity index (χ3n) is 2.65. The number of allylic oxidation sites excluding steroid dienone is 1. The third kappa shape index (κ3) is 8.47. The van der Waals surface area contributed by atoms with E-state index in [1.807, 2.05) is 31.3 Å². The van der Waals surface area contributed by atoms with Crippen LogP contribution in [0.2, 0.25) is 0 Å². The second-order valence-electron chi connectivity index (χ2n) is 4.36. The quantitative estimate of drug-likeness (QED) is 0.378. The lowest BCUT2D eigenvalue weighted by atomic mass is 10.1. The summed E-state index contributed by atoms with van der Waals surface area (Å²) >= 11 is 0. The summed E-state index contributed by atoms with van der Waals surface area (Å²) in [5.41, 5.74) is 1.11. The van der Waals surface area contributed by atoms with Gasteiger partial charge in [0.2, 0.25) is 0 Å². The van der Waals surface area contributed by atoms with Crippen molar-refractivity contribution in [3.63, 3.8) is 0 Å². The highest BCUT2D eigenvalue weighted by Crippen LogP contribution is 2.31. The number of nitrogens with one attached hydrogen (secondary N) is 1. The summed E-state index contributed by atoms with van der Waals surface area (Å²) in [6.45, 7) is 5.39. The van der Waals surface area contributed by atoms with Crippen LogP contribution in [-0.4, -0.2) is 49.5 Å². The fourth-order valence-corrected chi connectivity index (χ4v) is 1.63. The van der Waals surface area contributed by atoms with E-state index in [9.17, 15) is 0 Å². The van der Waals surface area contributed by atoms with E-state index in [0.29, 0.717) is 6.61 Å². The zero-order valence-corrected chi connectivity index (χ0v) is 13.4. The number of carboxylic acid groups (broad SMARTS) is 2. The highest BCUT2D eigenvalue weighted by molar-refractivity contribution is 6.27. The number of hydrogen-bond acceptors (Lipinski definition) is 5. The number of para-hydroxylation sites is 1. The molecule has 0 aromatic heterocycles. The molecule has 0 aliphatic carbocycles. The second kappa shape index (κ2) is 12.0. The lowest BCUT2D eigenvalue weighted by Gasteiger charge is -2.14. The van der Waals surface area contributed by atoms with Crippen molar-refractivity contribution in [3.05, 3.63) is 36.4 Å². The predicted octanol–water partition coefficient (Wildman–Crippen LogP) is 1.57. The number of benzene rings is 1. The molecule has 0 fully saturated rings. The van der Waals surface area contributed by atoms with Crippen LogP contribution in [-0.2, 0) is 16.0 Å². The number of methoxy groups -OCH3 is 1. The molecule has 7 heteroatoms. The summed E-state index contributed by atoms with van der Waals surface area (Å²) in [5.74, 6) is -2.02. The van der Waals surface area contributed by atoms with Crippen LogP contribution < -0.4 is 14.8 Å². The van der Waals surface area contributed by atoms with Gasteiger partial charge in [0.25, 0.3) is 0 Å². The molecule has 1 aromatic rings. The van der Waals surface area contributed by atoms with Gasteiger partial charge in [-0.25, -0.2) is 9.59 Å². The number of hydrogen-bond donors (Lipinski definition) is 3. The molecular weight excluding hydrogens is 302 g/mol. The summed E-state index contributed by atoms with van der Waals surface area (Å²) in [6, 6.07) is 5.93. The Bertz CT molecular complexity index is 503. The molecule has 0 aliphatic rings. The van der Waals surface area contributed by atoms with Gasteiger partial charge in [-0.05, 0) is 32.5 Å². The van der Waals surface area contributed by atoms with Gasteiger partial charge < -0.3 is 25.0 Å². The SMILES string of the molecule is C=CCc1cccc(OC)c1OCCCNC.O=C(O)C(=O)O. The van der Waals surface area contributed by atoms with Crippen molar-refractivity contribution in [1.29, 1.82) is 0 Å². The highest BCUT2D eigenvalue weighted by Gasteiger charge is 2.09. The van der Waals surface area contributed by atoms with Gasteiger partial charge in [-0.2, -0.15) is 0 Å². The Labute approximate surface area is 135 Å². The molecule has 0 radical (unpaired) electrons. The smallest absolute Gasteiger partial charge is 0.414 e. The standard InChI is InChI=1S/C14H21NO2.C2H2O4/c1-4-7-12-8-5-9-13(16-3)14(12)17-11-6-10-15-2;3-1(4)2(5)6/h4-5,8-9,15H,1,6-7,10-11H2,2-3H3;(H,3,4)(H,5,6). The molecule has 0 unspecified atom stereocenters. The Morgan fingerprint density at radius 2 is 1.96 bits per heavy atom. The van der Waals surface area contributed by atoms with Crippen LogP contribution in [0.4, 0.5) is 0 Å². The first-order valence-corrected chi connectivity index (χ1v) is 6.98. The Morgan fingerprint density at radius 1 is 1.30 bits per heavy atom. The summed E-state index contributed by atoms with van der Waals surface area (Å²) in [5, 5.41) is 17.9. The molecule has 3 N–H and O–H groups in total. The maximum Gasteiger partial charge on any atom is 0.414 e. The van der Waals surface area contributed by atoms with Crippen molar-refractivity contribution in [2.75, 3.05) is 27.3 Å². The van der Waals surface area contributed by atoms with Gasteiger partial charge in [-0.1, -0.05) is 18.2 Å². The minimum Gasteiger partial charge on any atom is -0.493 e. The van der Waals surface area contributed by atoms with Crippen molar-refractivity contribution in [2.45, 2.75) is 12.8 Å². The van der Waals surface area contributed by atoms with Crippen LogP contribution in [0.15, 0.2) is 30.9 Å². The fraction of sp³-hybridized carbons (Fsp3) is 0.375. The van der Waals surface area contributed by atoms with E-state index in [0.717, 1.165) is 36.4 Å². The summed E-state index contributed by atoms with van der Waals surface area (Å²) < 4.78 is 11.1. The van der Waals surface area contributed by atoms with Gasteiger partial charge >= 0.3 is 11.9 Å². The minimum atomic E-state index is -1.82. The topological polar surface area (TPSA) is 105 Å². The lowest BCUT2D eigenvalue weighted by Crippen LogP contribution is -2.12. The summed E-state index contributed by atoms with van der Waals surface area (Å²) in [6.07, 6.45) is 3.63. The molecule has 0 spiro atoms. The molecular formula is C16H23NO6. The molecule has 0 saturated carbocycles. The van der Waals surface area contributed by atoms with Crippen LogP contribution in [0.5, 0.6) is 11.5 Å². The normalized spacial score (nSPS) is 9.30. The van der Waals surface area contributed by atoms with Crippen molar-refractivity contribution in [3.8, 4) is 11.5 Å². The lowest BCUT2D eigenvalue weighted by molar-refractivity contribution is -0.159. The van der Waals surface area contributed by atoms with Gasteiger partial charge in [-0.3, -0.25) is 0 Å². The van der Waals surface area contributed by atoms with Crippen molar-refractivity contribution < 1.29 is 29.3 Å². The molecule has 0 amide bonds. The van der Waals surface area contributed by atoms with E-state index in [-0.39, 0.29) is 0 Å².